The van der Waals surface area contributed by atoms with E-state index in [1.54, 1.807) is 31.4 Å². The van der Waals surface area contributed by atoms with Crippen LogP contribution in [0, 0.1) is 0 Å². The number of rotatable bonds is 17. The molecular formula is C45H58N4O8S2Si. The summed E-state index contributed by atoms with van der Waals surface area (Å²) in [6, 6.07) is 19.7. The number of methoxy groups -OCH3 is 1. The van der Waals surface area contributed by atoms with Crippen molar-refractivity contribution in [3.63, 3.8) is 0 Å². The lowest BCUT2D eigenvalue weighted by molar-refractivity contribution is -0.169. The van der Waals surface area contributed by atoms with Crippen molar-refractivity contribution < 1.29 is 33.7 Å². The molecule has 5 N–H and O–H groups in total. The maximum atomic E-state index is 13.4. The van der Waals surface area contributed by atoms with E-state index in [9.17, 15) is 24.6 Å². The molecule has 60 heavy (non-hydrogen) atoms. The van der Waals surface area contributed by atoms with Crippen molar-refractivity contribution in [2.45, 2.75) is 101 Å². The number of benzene rings is 2. The highest BCUT2D eigenvalue weighted by Gasteiger charge is 2.45. The molecular weight excluding hydrogens is 817 g/mol. The summed E-state index contributed by atoms with van der Waals surface area (Å²) >= 11 is 2.66. The molecule has 1 fully saturated rings. The van der Waals surface area contributed by atoms with Crippen LogP contribution in [0.15, 0.2) is 82.3 Å². The molecule has 3 aromatic heterocycles. The molecule has 1 amide bonds. The predicted molar refractivity (Wildman–Crippen MR) is 242 cm³/mol. The number of aromatic hydroxyl groups is 1. The first-order chi connectivity index (χ1) is 28.5. The van der Waals surface area contributed by atoms with E-state index in [1.807, 2.05) is 54.2 Å². The number of H-pyrrole nitrogens is 1. The van der Waals surface area contributed by atoms with Gasteiger partial charge in [0.2, 0.25) is 17.1 Å². The Labute approximate surface area is 361 Å². The first kappa shape index (κ1) is 45.2. The summed E-state index contributed by atoms with van der Waals surface area (Å²) in [7, 11) is 1.38. The van der Waals surface area contributed by atoms with Gasteiger partial charge in [-0.25, -0.2) is 4.79 Å². The standard InChI is InChI=1S/C45H58N4O8S2Si/c1-44(2,3)60(6,7)57-37(33-18-20-35(50)42-34(33)19-21-40(51)48-42)28-46-27-29-12-13-30(26-36(29)55-5)47-41(52)22-23-49(4)31-14-16-32(17-15-31)56-43(53)45(54,38-10-8-24-58-38)39-11-9-25-59-39/h8-13,18-21,24-26,31-32,37,46,50,54H,14-17,22-23,27-28H2,1-7H3,(H,47,52)(H,48,51)/t31?,32?,37-/m0/s1. The van der Waals surface area contributed by atoms with Crippen LogP contribution in [-0.4, -0.2) is 79.7 Å². The van der Waals surface area contributed by atoms with Gasteiger partial charge in [-0.1, -0.05) is 45.0 Å². The van der Waals surface area contributed by atoms with Crippen LogP contribution in [0.2, 0.25) is 18.1 Å². The maximum Gasteiger partial charge on any atom is 0.349 e. The number of hydrogen-bond donors (Lipinski definition) is 5. The molecule has 322 valence electrons. The minimum Gasteiger partial charge on any atom is -0.506 e. The molecule has 1 saturated carbocycles. The molecule has 1 aliphatic rings. The van der Waals surface area contributed by atoms with E-state index in [2.05, 4.69) is 54.4 Å². The van der Waals surface area contributed by atoms with Crippen LogP contribution < -0.4 is 20.9 Å². The number of amides is 1. The van der Waals surface area contributed by atoms with E-state index in [0.29, 0.717) is 65.6 Å². The molecule has 1 aliphatic carbocycles. The number of nitrogens with one attached hydrogen (secondary N) is 3. The molecule has 0 spiro atoms. The fourth-order valence-corrected chi connectivity index (χ4v) is 10.4. The lowest BCUT2D eigenvalue weighted by atomic mass is 9.91. The highest BCUT2D eigenvalue weighted by molar-refractivity contribution is 7.12. The zero-order valence-electron chi connectivity index (χ0n) is 35.5. The number of carbonyl (C=O) groups is 2. The Morgan fingerprint density at radius 1 is 0.983 bits per heavy atom. The molecule has 3 heterocycles. The van der Waals surface area contributed by atoms with Gasteiger partial charge in [0.15, 0.2) is 8.32 Å². The molecule has 12 nitrogen and oxygen atoms in total. The van der Waals surface area contributed by atoms with Crippen LogP contribution in [0.25, 0.3) is 10.9 Å². The van der Waals surface area contributed by atoms with Crippen molar-refractivity contribution in [3.8, 4) is 11.5 Å². The van der Waals surface area contributed by atoms with E-state index in [1.165, 1.54) is 28.7 Å². The second kappa shape index (κ2) is 19.1. The third-order valence-corrected chi connectivity index (χ3v) is 18.4. The van der Waals surface area contributed by atoms with Crippen LogP contribution in [0.1, 0.15) is 79.9 Å². The summed E-state index contributed by atoms with van der Waals surface area (Å²) in [6.07, 6.45) is 2.65. The quantitative estimate of drug-likeness (QED) is 0.0454. The minimum absolute atomic E-state index is 0.00434. The Morgan fingerprint density at radius 2 is 1.67 bits per heavy atom. The first-order valence-electron chi connectivity index (χ1n) is 20.4. The molecule has 0 saturated heterocycles. The van der Waals surface area contributed by atoms with Gasteiger partial charge < -0.3 is 44.6 Å². The van der Waals surface area contributed by atoms with Crippen LogP contribution >= 0.6 is 22.7 Å². The minimum atomic E-state index is -2.25. The summed E-state index contributed by atoms with van der Waals surface area (Å²) < 4.78 is 18.6. The Hall–Kier alpha value is -4.35. The number of pyridine rings is 1. The Balaban J connectivity index is 1.00. The molecule has 0 unspecified atom stereocenters. The number of carbonyl (C=O) groups excluding carboxylic acids is 2. The second-order valence-corrected chi connectivity index (χ2v) is 23.7. The number of nitrogens with zero attached hydrogens (tertiary/aromatic N) is 1. The van der Waals surface area contributed by atoms with Crippen molar-refractivity contribution in [2.75, 3.05) is 32.6 Å². The maximum absolute atomic E-state index is 13.4. The second-order valence-electron chi connectivity index (χ2n) is 17.1. The number of phenolic OH excluding ortho intramolecular Hbond substituents is 1. The zero-order chi connectivity index (χ0) is 43.2. The van der Waals surface area contributed by atoms with E-state index in [4.69, 9.17) is 13.9 Å². The van der Waals surface area contributed by atoms with Gasteiger partial charge in [-0.3, -0.25) is 9.59 Å². The molecule has 6 rings (SSSR count). The number of phenols is 1. The number of aliphatic hydroxyl groups is 1. The van der Waals surface area contributed by atoms with Crippen molar-refractivity contribution in [1.29, 1.82) is 0 Å². The number of aromatic nitrogens is 1. The van der Waals surface area contributed by atoms with Crippen LogP contribution in [0.3, 0.4) is 0 Å². The zero-order valence-corrected chi connectivity index (χ0v) is 38.1. The molecule has 0 bridgehead atoms. The lowest BCUT2D eigenvalue weighted by Crippen LogP contribution is -2.43. The molecule has 0 aliphatic heterocycles. The van der Waals surface area contributed by atoms with Crippen molar-refractivity contribution >= 4 is 59.5 Å². The van der Waals surface area contributed by atoms with Gasteiger partial charge in [-0.2, -0.15) is 0 Å². The summed E-state index contributed by atoms with van der Waals surface area (Å²) in [4.78, 5) is 44.7. The fourth-order valence-electron chi connectivity index (χ4n) is 7.41. The Kier molecular flexibility index (Phi) is 14.4. The van der Waals surface area contributed by atoms with Crippen LogP contribution in [-0.2, 0) is 30.9 Å². The summed E-state index contributed by atoms with van der Waals surface area (Å²) in [6.45, 7) is 12.5. The van der Waals surface area contributed by atoms with Gasteiger partial charge in [0, 0.05) is 60.9 Å². The van der Waals surface area contributed by atoms with Crippen LogP contribution in [0.5, 0.6) is 11.5 Å². The number of ether oxygens (including phenoxy) is 2. The summed E-state index contributed by atoms with van der Waals surface area (Å²) in [5.41, 5.74) is 0.693. The molecule has 1 atom stereocenters. The Morgan fingerprint density at radius 3 is 2.28 bits per heavy atom. The van der Waals surface area contributed by atoms with Gasteiger partial charge in [0.05, 0.1) is 28.5 Å². The summed E-state index contributed by atoms with van der Waals surface area (Å²) in [5.74, 6) is -0.104. The van der Waals surface area contributed by atoms with Gasteiger partial charge in [0.1, 0.15) is 17.6 Å². The van der Waals surface area contributed by atoms with Gasteiger partial charge in [0.25, 0.3) is 0 Å². The topological polar surface area (TPSA) is 162 Å². The van der Waals surface area contributed by atoms with E-state index in [0.717, 1.165) is 29.4 Å². The van der Waals surface area contributed by atoms with Crippen molar-refractivity contribution in [3.05, 3.63) is 109 Å². The predicted octanol–water partition coefficient (Wildman–Crippen LogP) is 8.27. The Bertz CT molecular complexity index is 2250. The molecule has 15 heteroatoms. The monoisotopic (exact) mass is 874 g/mol. The smallest absolute Gasteiger partial charge is 0.349 e. The van der Waals surface area contributed by atoms with E-state index in [-0.39, 0.29) is 40.5 Å². The number of anilines is 1. The largest absolute Gasteiger partial charge is 0.506 e. The SMILES string of the molecule is COc1cc(NC(=O)CCN(C)C2CCC(OC(=O)C(O)(c3cccs3)c3cccs3)CC2)ccc1CNC[C@H](O[Si](C)(C)C(C)(C)C)c1ccc(O)c2[nH]c(=O)ccc12. The third-order valence-electron chi connectivity index (χ3n) is 12.0. The fraction of sp³-hybridized carbons (Fsp3) is 0.444. The highest BCUT2D eigenvalue weighted by Crippen LogP contribution is 2.42. The number of thiophene rings is 2. The van der Waals surface area contributed by atoms with E-state index < -0.39 is 19.9 Å². The molecule has 5 aromatic rings. The number of fused-ring (bicyclic) bond motifs is 1. The number of hydrogen-bond acceptors (Lipinski definition) is 12. The lowest BCUT2D eigenvalue weighted by Gasteiger charge is -2.39. The normalized spacial score (nSPS) is 16.8. The van der Waals surface area contributed by atoms with Gasteiger partial charge >= 0.3 is 5.97 Å². The van der Waals surface area contributed by atoms with E-state index >= 15 is 0 Å². The molecule has 0 radical (unpaired) electrons. The summed E-state index contributed by atoms with van der Waals surface area (Å²) in [5, 5.41) is 33.1. The highest BCUT2D eigenvalue weighted by atomic mass is 32.1. The average molecular weight is 875 g/mol. The van der Waals surface area contributed by atoms with Gasteiger partial charge in [-0.15, -0.1) is 22.7 Å². The first-order valence-corrected chi connectivity index (χ1v) is 25.1. The number of aromatic amines is 1. The third kappa shape index (κ3) is 10.4. The average Bonchev–Trinajstić information content (AvgIpc) is 3.97. The number of esters is 1. The van der Waals surface area contributed by atoms with Crippen molar-refractivity contribution in [1.82, 2.24) is 15.2 Å². The van der Waals surface area contributed by atoms with Gasteiger partial charge in [-0.05, 0) is 97.5 Å². The van der Waals surface area contributed by atoms with Crippen LogP contribution in [0.4, 0.5) is 5.69 Å². The van der Waals surface area contributed by atoms with Crippen molar-refractivity contribution in [2.24, 2.45) is 0 Å². The molecule has 2 aromatic carbocycles.